The number of hydrogen-bond acceptors (Lipinski definition) is 5. The van der Waals surface area contributed by atoms with Gasteiger partial charge in [0.1, 0.15) is 0 Å². The number of halogens is 3. The minimum atomic E-state index is -4.49. The van der Waals surface area contributed by atoms with E-state index in [1.54, 1.807) is 12.0 Å². The molecule has 184 valence electrons. The van der Waals surface area contributed by atoms with Crippen LogP contribution < -0.4 is 5.73 Å². The van der Waals surface area contributed by atoms with Crippen LogP contribution in [0.3, 0.4) is 0 Å². The predicted octanol–water partition coefficient (Wildman–Crippen LogP) is 4.41. The Kier molecular flexibility index (Phi) is 4.84. The highest BCUT2D eigenvalue weighted by Gasteiger charge is 2.67. The van der Waals surface area contributed by atoms with Crippen LogP contribution in [0.2, 0.25) is 0 Å². The molecule has 0 saturated heterocycles. The van der Waals surface area contributed by atoms with Gasteiger partial charge in [0, 0.05) is 36.5 Å². The van der Waals surface area contributed by atoms with Crippen LogP contribution >= 0.6 is 0 Å². The van der Waals surface area contributed by atoms with Crippen molar-refractivity contribution >= 4 is 11.9 Å². The third-order valence-corrected chi connectivity index (χ3v) is 8.39. The van der Waals surface area contributed by atoms with Gasteiger partial charge >= 0.3 is 6.18 Å². The Labute approximate surface area is 201 Å². The van der Waals surface area contributed by atoms with Gasteiger partial charge < -0.3 is 10.5 Å². The molecule has 6 nitrogen and oxygen atoms in total. The topological polar surface area (TPSA) is 80.8 Å². The summed E-state index contributed by atoms with van der Waals surface area (Å²) in [7, 11) is 1.71. The Morgan fingerprint density at radius 1 is 1.09 bits per heavy atom. The highest BCUT2D eigenvalue weighted by atomic mass is 19.4. The number of guanidine groups is 1. The predicted molar refractivity (Wildman–Crippen MR) is 123 cm³/mol. The van der Waals surface area contributed by atoms with Gasteiger partial charge in [-0.2, -0.15) is 13.2 Å². The molecule has 6 rings (SSSR count). The molecule has 2 heterocycles. The summed E-state index contributed by atoms with van der Waals surface area (Å²) in [5.41, 5.74) is 6.69. The highest BCUT2D eigenvalue weighted by Crippen LogP contribution is 2.62. The number of methoxy groups -OCH3 is 1. The summed E-state index contributed by atoms with van der Waals surface area (Å²) in [5.74, 6) is 0.163. The van der Waals surface area contributed by atoms with Crippen LogP contribution in [0.25, 0.3) is 11.1 Å². The van der Waals surface area contributed by atoms with Gasteiger partial charge in [0.2, 0.25) is 0 Å². The lowest BCUT2D eigenvalue weighted by Gasteiger charge is -2.45. The summed E-state index contributed by atoms with van der Waals surface area (Å²) in [6.07, 6.45) is 3.55. The quantitative estimate of drug-likeness (QED) is 0.700. The van der Waals surface area contributed by atoms with Crippen LogP contribution in [0.15, 0.2) is 41.7 Å². The minimum Gasteiger partial charge on any atom is -0.381 e. The normalized spacial score (nSPS) is 30.3. The monoisotopic (exact) mass is 484 g/mol. The number of carbonyl (C=O) groups excluding carboxylic acids is 1. The molecule has 1 aliphatic heterocycles. The molecule has 2 spiro atoms. The summed E-state index contributed by atoms with van der Waals surface area (Å²) >= 11 is 0. The second-order valence-corrected chi connectivity index (χ2v) is 10.3. The number of nitrogens with zero attached hydrogens (tertiary/aromatic N) is 3. The van der Waals surface area contributed by atoms with Crippen molar-refractivity contribution in [2.45, 2.75) is 68.8 Å². The molecule has 4 aliphatic rings. The summed E-state index contributed by atoms with van der Waals surface area (Å²) in [5, 5.41) is 0. The van der Waals surface area contributed by atoms with E-state index < -0.39 is 22.7 Å². The van der Waals surface area contributed by atoms with E-state index in [-0.39, 0.29) is 24.0 Å². The molecule has 3 aliphatic carbocycles. The van der Waals surface area contributed by atoms with Crippen molar-refractivity contribution in [3.8, 4) is 11.1 Å². The average Bonchev–Trinajstić information content (AvgIpc) is 3.59. The maximum absolute atomic E-state index is 14.2. The number of alkyl halides is 3. The molecule has 2 fully saturated rings. The molecule has 1 aromatic heterocycles. The second-order valence-electron chi connectivity index (χ2n) is 10.3. The van der Waals surface area contributed by atoms with E-state index in [2.05, 4.69) is 4.98 Å². The zero-order chi connectivity index (χ0) is 24.6. The molecule has 1 unspecified atom stereocenters. The van der Waals surface area contributed by atoms with Crippen molar-refractivity contribution in [1.29, 1.82) is 0 Å². The average molecular weight is 485 g/mol. The van der Waals surface area contributed by atoms with Crippen LogP contribution in [-0.2, 0) is 27.7 Å². The molecule has 2 saturated carbocycles. The van der Waals surface area contributed by atoms with Crippen molar-refractivity contribution in [2.24, 2.45) is 16.1 Å². The van der Waals surface area contributed by atoms with E-state index in [1.807, 2.05) is 18.2 Å². The van der Waals surface area contributed by atoms with E-state index in [0.717, 1.165) is 61.9 Å². The lowest BCUT2D eigenvalue weighted by Crippen LogP contribution is -2.52. The molecule has 2 N–H and O–H groups in total. The Morgan fingerprint density at radius 3 is 2.49 bits per heavy atom. The maximum atomic E-state index is 14.2. The van der Waals surface area contributed by atoms with Gasteiger partial charge in [-0.3, -0.25) is 14.7 Å². The molecular formula is C26H27F3N4O2. The van der Waals surface area contributed by atoms with E-state index in [4.69, 9.17) is 15.5 Å². The maximum Gasteiger partial charge on any atom is 0.417 e. The van der Waals surface area contributed by atoms with Crippen molar-refractivity contribution in [3.63, 3.8) is 0 Å². The number of ether oxygens (including phenoxy) is 1. The van der Waals surface area contributed by atoms with Crippen LogP contribution in [0.1, 0.15) is 55.2 Å². The number of carbonyl (C=O) groups is 1. The molecule has 0 bridgehead atoms. The number of nitrogens with two attached hydrogens (primary N) is 1. The van der Waals surface area contributed by atoms with Crippen molar-refractivity contribution in [2.75, 3.05) is 7.11 Å². The molecule has 9 heteroatoms. The third kappa shape index (κ3) is 3.23. The third-order valence-electron chi connectivity index (χ3n) is 8.39. The van der Waals surface area contributed by atoms with Crippen LogP contribution in [0.4, 0.5) is 13.2 Å². The van der Waals surface area contributed by atoms with Crippen LogP contribution in [-0.4, -0.2) is 41.0 Å². The van der Waals surface area contributed by atoms with Gasteiger partial charge in [-0.05, 0) is 73.8 Å². The van der Waals surface area contributed by atoms with Gasteiger partial charge in [-0.1, -0.05) is 12.1 Å². The first-order valence-corrected chi connectivity index (χ1v) is 12.1. The van der Waals surface area contributed by atoms with Crippen molar-refractivity contribution in [1.82, 2.24) is 9.88 Å². The van der Waals surface area contributed by atoms with Gasteiger partial charge in [-0.15, -0.1) is 0 Å². The summed E-state index contributed by atoms with van der Waals surface area (Å²) in [4.78, 5) is 24.6. The number of aromatic nitrogens is 1. The summed E-state index contributed by atoms with van der Waals surface area (Å²) < 4.78 is 45.6. The molecule has 1 aromatic carbocycles. The van der Waals surface area contributed by atoms with Gasteiger partial charge in [0.15, 0.2) is 11.5 Å². The Bertz CT molecular complexity index is 1230. The zero-order valence-corrected chi connectivity index (χ0v) is 19.4. The van der Waals surface area contributed by atoms with Gasteiger partial charge in [0.25, 0.3) is 5.91 Å². The first-order valence-electron chi connectivity index (χ1n) is 12.1. The first-order chi connectivity index (χ1) is 16.7. The number of rotatable bonds is 3. The van der Waals surface area contributed by atoms with Gasteiger partial charge in [-0.25, -0.2) is 4.99 Å². The van der Waals surface area contributed by atoms with E-state index in [1.165, 1.54) is 6.20 Å². The van der Waals surface area contributed by atoms with E-state index in [0.29, 0.717) is 17.5 Å². The fourth-order valence-electron chi connectivity index (χ4n) is 6.45. The number of benzene rings is 1. The number of amides is 1. The number of aliphatic imine (C=N–C) groups is 1. The van der Waals surface area contributed by atoms with E-state index in [9.17, 15) is 18.0 Å². The molecule has 2 aromatic rings. The molecular weight excluding hydrogens is 457 g/mol. The number of fused-ring (bicyclic) bond motifs is 3. The van der Waals surface area contributed by atoms with Crippen molar-refractivity contribution < 1.29 is 22.7 Å². The lowest BCUT2D eigenvalue weighted by molar-refractivity contribution is -0.139. The Hall–Kier alpha value is -2.94. The zero-order valence-electron chi connectivity index (χ0n) is 19.4. The SMILES string of the molecule is COC1CCC2(CC1)Cc1ccc(-c3cncc(C(F)(F)F)c3)cc1C21N=C(N)N(C2CC2)C1=O. The van der Waals surface area contributed by atoms with Crippen LogP contribution in [0.5, 0.6) is 0 Å². The Morgan fingerprint density at radius 2 is 1.83 bits per heavy atom. The standard InChI is InChI=1S/C26H27F3N4O2/c1-35-20-6-8-24(9-7-20)12-16-3-2-15(17-10-18(14-31-13-17)26(27,28)29)11-21(16)25(24)22(34)33(19-4-5-19)23(30)32-25/h2-3,10-11,13-14,19-20H,4-9,12H2,1H3,(H2,30,32). The number of pyridine rings is 1. The Balaban J connectivity index is 1.49. The highest BCUT2D eigenvalue weighted by molar-refractivity contribution is 6.09. The van der Waals surface area contributed by atoms with Crippen LogP contribution in [0, 0.1) is 5.41 Å². The smallest absolute Gasteiger partial charge is 0.381 e. The largest absolute Gasteiger partial charge is 0.417 e. The second kappa shape index (κ2) is 7.53. The van der Waals surface area contributed by atoms with E-state index >= 15 is 0 Å². The molecule has 0 radical (unpaired) electrons. The fourth-order valence-corrected chi connectivity index (χ4v) is 6.45. The molecule has 35 heavy (non-hydrogen) atoms. The summed E-state index contributed by atoms with van der Waals surface area (Å²) in [6.45, 7) is 0. The fraction of sp³-hybridized carbons (Fsp3) is 0.500. The molecule has 1 atom stereocenters. The minimum absolute atomic E-state index is 0.0814. The van der Waals surface area contributed by atoms with Gasteiger partial charge in [0.05, 0.1) is 11.7 Å². The summed E-state index contributed by atoms with van der Waals surface area (Å²) in [6, 6.07) is 6.77. The first kappa shape index (κ1) is 22.5. The molecule has 1 amide bonds. The number of hydrogen-bond donors (Lipinski definition) is 1. The van der Waals surface area contributed by atoms with Crippen molar-refractivity contribution in [3.05, 3.63) is 53.3 Å². The lowest BCUT2D eigenvalue weighted by atomic mass is 9.61.